The molecule has 2 aromatic heterocycles. The van der Waals surface area contributed by atoms with Gasteiger partial charge in [0, 0.05) is 36.6 Å². The highest BCUT2D eigenvalue weighted by Crippen LogP contribution is 2.25. The Morgan fingerprint density at radius 3 is 2.55 bits per heavy atom. The molecule has 1 saturated heterocycles. The lowest BCUT2D eigenvalue weighted by atomic mass is 10.0. The first-order valence-electron chi connectivity index (χ1n) is 10.1. The van der Waals surface area contributed by atoms with E-state index in [4.69, 9.17) is 0 Å². The summed E-state index contributed by atoms with van der Waals surface area (Å²) in [4.78, 5) is 29.1. The summed E-state index contributed by atoms with van der Waals surface area (Å²) in [6, 6.07) is 10.2. The van der Waals surface area contributed by atoms with Crippen LogP contribution in [0.2, 0.25) is 0 Å². The SMILES string of the molecule is CC.CN(C)C1CCN(c2ccc3nc(C(=O)c4ccnc(Br)c4)[nH]c3c2)CC1. The highest BCUT2D eigenvalue weighted by Gasteiger charge is 2.21. The number of carbonyl (C=O) groups excluding carboxylic acids is 1. The number of benzene rings is 1. The van der Waals surface area contributed by atoms with E-state index >= 15 is 0 Å². The molecule has 0 radical (unpaired) electrons. The molecule has 0 amide bonds. The Balaban J connectivity index is 0.00000117. The second-order valence-electron chi connectivity index (χ2n) is 7.17. The van der Waals surface area contributed by atoms with Gasteiger partial charge in [0.1, 0.15) is 4.60 Å². The minimum absolute atomic E-state index is 0.136. The second kappa shape index (κ2) is 9.50. The smallest absolute Gasteiger partial charge is 0.228 e. The van der Waals surface area contributed by atoms with Crippen LogP contribution in [-0.2, 0) is 0 Å². The zero-order valence-corrected chi connectivity index (χ0v) is 19.0. The summed E-state index contributed by atoms with van der Waals surface area (Å²) >= 11 is 3.30. The van der Waals surface area contributed by atoms with Crippen LogP contribution in [0.15, 0.2) is 41.1 Å². The van der Waals surface area contributed by atoms with E-state index in [1.807, 2.05) is 19.9 Å². The lowest BCUT2D eigenvalue weighted by molar-refractivity contribution is 0.103. The average Bonchev–Trinajstić information content (AvgIpc) is 3.18. The van der Waals surface area contributed by atoms with Gasteiger partial charge in [-0.2, -0.15) is 0 Å². The minimum Gasteiger partial charge on any atom is -0.371 e. The summed E-state index contributed by atoms with van der Waals surface area (Å²) in [6.07, 6.45) is 3.93. The summed E-state index contributed by atoms with van der Waals surface area (Å²) in [5, 5.41) is 0. The van der Waals surface area contributed by atoms with Gasteiger partial charge in [0.15, 0.2) is 5.82 Å². The van der Waals surface area contributed by atoms with Crippen molar-refractivity contribution in [2.24, 2.45) is 0 Å². The number of fused-ring (bicyclic) bond motifs is 1. The van der Waals surface area contributed by atoms with E-state index in [0.29, 0.717) is 22.0 Å². The Kier molecular flexibility index (Phi) is 7.03. The third-order valence-electron chi connectivity index (χ3n) is 5.23. The van der Waals surface area contributed by atoms with Gasteiger partial charge >= 0.3 is 0 Å². The van der Waals surface area contributed by atoms with Crippen molar-refractivity contribution in [3.05, 3.63) is 52.5 Å². The second-order valence-corrected chi connectivity index (χ2v) is 7.98. The van der Waals surface area contributed by atoms with Gasteiger partial charge in [-0.25, -0.2) is 9.97 Å². The highest BCUT2D eigenvalue weighted by atomic mass is 79.9. The number of anilines is 1. The summed E-state index contributed by atoms with van der Waals surface area (Å²) < 4.78 is 0.632. The fourth-order valence-electron chi connectivity index (χ4n) is 3.62. The first-order chi connectivity index (χ1) is 14.0. The molecule has 0 bridgehead atoms. The van der Waals surface area contributed by atoms with E-state index in [-0.39, 0.29) is 5.78 Å². The molecule has 3 aromatic rings. The molecule has 0 aliphatic carbocycles. The van der Waals surface area contributed by atoms with Gasteiger partial charge in [-0.3, -0.25) is 4.79 Å². The number of nitrogens with zero attached hydrogens (tertiary/aromatic N) is 4. The van der Waals surface area contributed by atoms with Gasteiger partial charge in [-0.1, -0.05) is 13.8 Å². The predicted molar refractivity (Wildman–Crippen MR) is 122 cm³/mol. The highest BCUT2D eigenvalue weighted by molar-refractivity contribution is 9.10. The van der Waals surface area contributed by atoms with E-state index < -0.39 is 0 Å². The standard InChI is InChI=1S/C20H22BrN5O.C2H6/c1-25(2)14-6-9-26(10-7-14)15-3-4-16-17(12-15)24-20(23-16)19(27)13-5-8-22-18(21)11-13;1-2/h3-5,8,11-12,14H,6-7,9-10H2,1-2H3,(H,23,24);1-2H3. The molecule has 0 unspecified atom stereocenters. The van der Waals surface area contributed by atoms with Crippen molar-refractivity contribution in [1.82, 2.24) is 19.9 Å². The number of imidazole rings is 1. The van der Waals surface area contributed by atoms with Crippen molar-refractivity contribution in [1.29, 1.82) is 0 Å². The lowest BCUT2D eigenvalue weighted by Crippen LogP contribution is -2.41. The summed E-state index contributed by atoms with van der Waals surface area (Å²) in [5.41, 5.74) is 3.42. The molecule has 0 atom stereocenters. The number of hydrogen-bond donors (Lipinski definition) is 1. The lowest BCUT2D eigenvalue weighted by Gasteiger charge is -2.36. The van der Waals surface area contributed by atoms with Crippen LogP contribution in [0.25, 0.3) is 11.0 Å². The summed E-state index contributed by atoms with van der Waals surface area (Å²) in [6.45, 7) is 6.08. The van der Waals surface area contributed by atoms with Gasteiger partial charge in [0.05, 0.1) is 11.0 Å². The number of ketones is 1. The average molecular weight is 458 g/mol. The fourth-order valence-corrected chi connectivity index (χ4v) is 3.99. The zero-order chi connectivity index (χ0) is 21.0. The van der Waals surface area contributed by atoms with Crippen LogP contribution in [0.1, 0.15) is 42.9 Å². The number of hydrogen-bond acceptors (Lipinski definition) is 5. The topological polar surface area (TPSA) is 65.1 Å². The van der Waals surface area contributed by atoms with Gasteiger partial charge in [-0.05, 0) is 73.2 Å². The normalized spacial score (nSPS) is 14.8. The first-order valence-corrected chi connectivity index (χ1v) is 10.9. The van der Waals surface area contributed by atoms with Crippen LogP contribution < -0.4 is 4.90 Å². The maximum absolute atomic E-state index is 12.7. The van der Waals surface area contributed by atoms with Gasteiger partial charge < -0.3 is 14.8 Å². The number of nitrogens with one attached hydrogen (secondary N) is 1. The number of rotatable bonds is 4. The molecule has 1 N–H and O–H groups in total. The zero-order valence-electron chi connectivity index (χ0n) is 17.4. The van der Waals surface area contributed by atoms with Crippen molar-refractivity contribution in [2.75, 3.05) is 32.1 Å². The number of carbonyl (C=O) groups is 1. The molecular formula is C22H28BrN5O. The number of halogens is 1. The maximum atomic E-state index is 12.7. The number of aromatic nitrogens is 3. The molecule has 29 heavy (non-hydrogen) atoms. The van der Waals surface area contributed by atoms with Crippen molar-refractivity contribution in [2.45, 2.75) is 32.7 Å². The predicted octanol–water partition coefficient (Wildman–Crippen LogP) is 4.51. The number of aromatic amines is 1. The van der Waals surface area contributed by atoms with Crippen LogP contribution >= 0.6 is 15.9 Å². The van der Waals surface area contributed by atoms with Gasteiger partial charge in [0.25, 0.3) is 0 Å². The van der Waals surface area contributed by atoms with Crippen LogP contribution in [0.3, 0.4) is 0 Å². The number of piperidine rings is 1. The number of H-pyrrole nitrogens is 1. The number of pyridine rings is 1. The molecule has 6 nitrogen and oxygen atoms in total. The molecular weight excluding hydrogens is 430 g/mol. The van der Waals surface area contributed by atoms with E-state index in [1.54, 1.807) is 18.3 Å². The Bertz CT molecular complexity index is 976. The molecule has 1 aliphatic heterocycles. The molecule has 4 rings (SSSR count). The first kappa shape index (κ1) is 21.5. The summed E-state index contributed by atoms with van der Waals surface area (Å²) in [5.74, 6) is 0.217. The van der Waals surface area contributed by atoms with E-state index in [2.05, 4.69) is 66.9 Å². The van der Waals surface area contributed by atoms with Gasteiger partial charge in [0.2, 0.25) is 5.78 Å². The van der Waals surface area contributed by atoms with Crippen LogP contribution in [-0.4, -0.2) is 58.9 Å². The Hall–Kier alpha value is -2.25. The summed E-state index contributed by atoms with van der Waals surface area (Å²) in [7, 11) is 4.30. The van der Waals surface area contributed by atoms with Crippen LogP contribution in [0, 0.1) is 0 Å². The molecule has 0 spiro atoms. The third-order valence-corrected chi connectivity index (χ3v) is 5.66. The molecule has 0 saturated carbocycles. The minimum atomic E-state index is -0.136. The van der Waals surface area contributed by atoms with E-state index in [0.717, 1.165) is 37.0 Å². The Labute approximate surface area is 180 Å². The Morgan fingerprint density at radius 1 is 1.17 bits per heavy atom. The van der Waals surface area contributed by atoms with Gasteiger partial charge in [-0.15, -0.1) is 0 Å². The maximum Gasteiger partial charge on any atom is 0.228 e. The Morgan fingerprint density at radius 2 is 1.90 bits per heavy atom. The molecule has 1 aromatic carbocycles. The van der Waals surface area contributed by atoms with E-state index in [9.17, 15) is 4.79 Å². The molecule has 1 aliphatic rings. The van der Waals surface area contributed by atoms with Crippen LogP contribution in [0.5, 0.6) is 0 Å². The van der Waals surface area contributed by atoms with Crippen LogP contribution in [0.4, 0.5) is 5.69 Å². The fraction of sp³-hybridized carbons (Fsp3) is 0.409. The largest absolute Gasteiger partial charge is 0.371 e. The van der Waals surface area contributed by atoms with E-state index in [1.165, 1.54) is 5.69 Å². The van der Waals surface area contributed by atoms with Crippen molar-refractivity contribution in [3.8, 4) is 0 Å². The monoisotopic (exact) mass is 457 g/mol. The van der Waals surface area contributed by atoms with Crippen molar-refractivity contribution < 1.29 is 4.79 Å². The quantitative estimate of drug-likeness (QED) is 0.461. The molecule has 154 valence electrons. The molecule has 1 fully saturated rings. The third kappa shape index (κ3) is 4.85. The van der Waals surface area contributed by atoms with Crippen molar-refractivity contribution >= 4 is 38.4 Å². The van der Waals surface area contributed by atoms with Crippen molar-refractivity contribution in [3.63, 3.8) is 0 Å². The molecule has 3 heterocycles. The molecule has 7 heteroatoms.